The third kappa shape index (κ3) is 2.92. The van der Waals surface area contributed by atoms with Gasteiger partial charge in [-0.3, -0.25) is 9.78 Å². The van der Waals surface area contributed by atoms with Crippen LogP contribution in [0.4, 0.5) is 10.1 Å². The van der Waals surface area contributed by atoms with Crippen molar-refractivity contribution in [2.45, 2.75) is 0 Å². The Morgan fingerprint density at radius 3 is 2.60 bits per heavy atom. The normalized spacial score (nSPS) is 10.1. The zero-order valence-corrected chi connectivity index (χ0v) is 10.7. The molecule has 1 aromatic carbocycles. The smallest absolute Gasteiger partial charge is 0.337 e. The van der Waals surface area contributed by atoms with E-state index < -0.39 is 17.7 Å². The summed E-state index contributed by atoms with van der Waals surface area (Å²) in [6, 6.07) is 5.13. The summed E-state index contributed by atoms with van der Waals surface area (Å²) in [5, 5.41) is 11.2. The number of aromatic carboxylic acids is 1. The van der Waals surface area contributed by atoms with Crippen LogP contribution in [0.3, 0.4) is 0 Å². The number of carbonyl (C=O) groups excluding carboxylic acids is 1. The zero-order chi connectivity index (χ0) is 14.7. The number of carboxylic acid groups (broad SMARTS) is 1. The minimum Gasteiger partial charge on any atom is -0.478 e. The molecule has 5 nitrogen and oxygen atoms in total. The SMILES string of the molecule is O=C(Nc1ccc(C(=O)O)c(Cl)c1)c1ccncc1F. The van der Waals surface area contributed by atoms with Gasteiger partial charge in [-0.15, -0.1) is 0 Å². The number of hydrogen-bond donors (Lipinski definition) is 2. The Bertz CT molecular complexity index is 691. The second-order valence-corrected chi connectivity index (χ2v) is 4.22. The number of halogens is 2. The maximum Gasteiger partial charge on any atom is 0.337 e. The number of hydrogen-bond acceptors (Lipinski definition) is 3. The molecule has 7 heteroatoms. The molecule has 0 unspecified atom stereocenters. The fourth-order valence-electron chi connectivity index (χ4n) is 1.52. The molecule has 0 bridgehead atoms. The van der Waals surface area contributed by atoms with Gasteiger partial charge in [0.05, 0.1) is 22.3 Å². The lowest BCUT2D eigenvalue weighted by Gasteiger charge is -2.07. The lowest BCUT2D eigenvalue weighted by atomic mass is 10.2. The fourth-order valence-corrected chi connectivity index (χ4v) is 1.79. The van der Waals surface area contributed by atoms with Crippen LogP contribution in [0, 0.1) is 5.82 Å². The number of nitrogens with zero attached hydrogens (tertiary/aromatic N) is 1. The number of anilines is 1. The summed E-state index contributed by atoms with van der Waals surface area (Å²) in [4.78, 5) is 26.2. The third-order valence-corrected chi connectivity index (χ3v) is 2.79. The Morgan fingerprint density at radius 2 is 2.00 bits per heavy atom. The van der Waals surface area contributed by atoms with Gasteiger partial charge in [-0.05, 0) is 24.3 Å². The molecule has 2 aromatic rings. The first-order valence-corrected chi connectivity index (χ1v) is 5.80. The summed E-state index contributed by atoms with van der Waals surface area (Å²) in [6.45, 7) is 0. The summed E-state index contributed by atoms with van der Waals surface area (Å²) in [5.41, 5.74) is 0.0133. The molecular weight excluding hydrogens is 287 g/mol. The molecule has 0 spiro atoms. The average molecular weight is 295 g/mol. The van der Waals surface area contributed by atoms with E-state index in [0.29, 0.717) is 0 Å². The van der Waals surface area contributed by atoms with Crippen LogP contribution in [0.1, 0.15) is 20.7 Å². The van der Waals surface area contributed by atoms with Crippen LogP contribution >= 0.6 is 11.6 Å². The monoisotopic (exact) mass is 294 g/mol. The van der Waals surface area contributed by atoms with Crippen LogP contribution in [-0.2, 0) is 0 Å². The van der Waals surface area contributed by atoms with Gasteiger partial charge in [0.25, 0.3) is 5.91 Å². The Morgan fingerprint density at radius 1 is 1.25 bits per heavy atom. The lowest BCUT2D eigenvalue weighted by molar-refractivity contribution is 0.0697. The highest BCUT2D eigenvalue weighted by molar-refractivity contribution is 6.33. The van der Waals surface area contributed by atoms with Crippen molar-refractivity contribution < 1.29 is 19.1 Å². The van der Waals surface area contributed by atoms with Crippen LogP contribution in [0.25, 0.3) is 0 Å². The second-order valence-electron chi connectivity index (χ2n) is 3.81. The second kappa shape index (κ2) is 5.66. The first-order valence-electron chi connectivity index (χ1n) is 5.42. The zero-order valence-electron chi connectivity index (χ0n) is 9.93. The van der Waals surface area contributed by atoms with Gasteiger partial charge < -0.3 is 10.4 Å². The highest BCUT2D eigenvalue weighted by Crippen LogP contribution is 2.21. The molecule has 2 rings (SSSR count). The third-order valence-electron chi connectivity index (χ3n) is 2.47. The van der Waals surface area contributed by atoms with Crippen LogP contribution in [0.2, 0.25) is 5.02 Å². The van der Waals surface area contributed by atoms with Gasteiger partial charge >= 0.3 is 5.97 Å². The van der Waals surface area contributed by atoms with E-state index in [-0.39, 0.29) is 21.8 Å². The van der Waals surface area contributed by atoms with Gasteiger partial charge in [-0.25, -0.2) is 9.18 Å². The summed E-state index contributed by atoms with van der Waals surface area (Å²) in [5.74, 6) is -2.60. The predicted molar refractivity (Wildman–Crippen MR) is 70.6 cm³/mol. The molecule has 0 aliphatic carbocycles. The molecule has 0 saturated heterocycles. The molecule has 1 aromatic heterocycles. The van der Waals surface area contributed by atoms with E-state index >= 15 is 0 Å². The van der Waals surface area contributed by atoms with E-state index in [0.717, 1.165) is 6.20 Å². The first-order chi connectivity index (χ1) is 9.49. The summed E-state index contributed by atoms with van der Waals surface area (Å²) >= 11 is 5.77. The van der Waals surface area contributed by atoms with E-state index in [1.54, 1.807) is 0 Å². The summed E-state index contributed by atoms with van der Waals surface area (Å²) in [7, 11) is 0. The quantitative estimate of drug-likeness (QED) is 0.912. The van der Waals surface area contributed by atoms with Crippen molar-refractivity contribution in [2.75, 3.05) is 5.32 Å². The number of benzene rings is 1. The Labute approximate surface area is 118 Å². The van der Waals surface area contributed by atoms with Gasteiger partial charge in [0, 0.05) is 11.9 Å². The molecule has 0 aliphatic rings. The molecular formula is C13H8ClFN2O3. The highest BCUT2D eigenvalue weighted by atomic mass is 35.5. The number of amides is 1. The number of carboxylic acids is 1. The van der Waals surface area contributed by atoms with Crippen molar-refractivity contribution in [3.63, 3.8) is 0 Å². The van der Waals surface area contributed by atoms with Crippen molar-refractivity contribution in [3.8, 4) is 0 Å². The number of aromatic nitrogens is 1. The lowest BCUT2D eigenvalue weighted by Crippen LogP contribution is -2.14. The average Bonchev–Trinajstić information content (AvgIpc) is 2.38. The molecule has 2 N–H and O–H groups in total. The van der Waals surface area contributed by atoms with Crippen LogP contribution in [0.5, 0.6) is 0 Å². The number of nitrogens with one attached hydrogen (secondary N) is 1. The maximum atomic E-state index is 13.4. The molecule has 0 aliphatic heterocycles. The van der Waals surface area contributed by atoms with Crippen LogP contribution in [0.15, 0.2) is 36.7 Å². The Hall–Kier alpha value is -2.47. The topological polar surface area (TPSA) is 79.3 Å². The largest absolute Gasteiger partial charge is 0.478 e. The molecule has 0 fully saturated rings. The van der Waals surface area contributed by atoms with Crippen molar-refractivity contribution in [1.82, 2.24) is 4.98 Å². The van der Waals surface area contributed by atoms with E-state index in [2.05, 4.69) is 10.3 Å². The van der Waals surface area contributed by atoms with Crippen molar-refractivity contribution >= 4 is 29.2 Å². The van der Waals surface area contributed by atoms with Crippen molar-refractivity contribution in [1.29, 1.82) is 0 Å². The summed E-state index contributed by atoms with van der Waals surface area (Å²) in [6.07, 6.45) is 2.22. The van der Waals surface area contributed by atoms with Gasteiger partial charge in [-0.2, -0.15) is 0 Å². The van der Waals surface area contributed by atoms with E-state index in [1.165, 1.54) is 30.5 Å². The molecule has 0 radical (unpaired) electrons. The number of carbonyl (C=O) groups is 2. The Kier molecular flexibility index (Phi) is 3.95. The first kappa shape index (κ1) is 14.0. The Balaban J connectivity index is 2.23. The van der Waals surface area contributed by atoms with Gasteiger partial charge in [0.1, 0.15) is 0 Å². The van der Waals surface area contributed by atoms with Gasteiger partial charge in [0.15, 0.2) is 5.82 Å². The minimum atomic E-state index is -1.17. The standard InChI is InChI=1S/C13H8ClFN2O3/c14-10-5-7(1-2-8(10)13(19)20)17-12(18)9-3-4-16-6-11(9)15/h1-6H,(H,17,18)(H,19,20). The molecule has 1 amide bonds. The van der Waals surface area contributed by atoms with Crippen LogP contribution in [-0.4, -0.2) is 22.0 Å². The van der Waals surface area contributed by atoms with E-state index in [9.17, 15) is 14.0 Å². The molecule has 1 heterocycles. The molecule has 102 valence electrons. The number of rotatable bonds is 3. The van der Waals surface area contributed by atoms with Crippen molar-refractivity contribution in [2.24, 2.45) is 0 Å². The summed E-state index contributed by atoms with van der Waals surface area (Å²) < 4.78 is 13.4. The number of pyridine rings is 1. The van der Waals surface area contributed by atoms with Gasteiger partial charge in [-0.1, -0.05) is 11.6 Å². The van der Waals surface area contributed by atoms with Gasteiger partial charge in [0.2, 0.25) is 0 Å². The highest BCUT2D eigenvalue weighted by Gasteiger charge is 2.13. The maximum absolute atomic E-state index is 13.4. The minimum absolute atomic E-state index is 0.0227. The molecule has 20 heavy (non-hydrogen) atoms. The molecule has 0 saturated carbocycles. The van der Waals surface area contributed by atoms with Crippen LogP contribution < -0.4 is 5.32 Å². The van der Waals surface area contributed by atoms with E-state index in [4.69, 9.17) is 16.7 Å². The fraction of sp³-hybridized carbons (Fsp3) is 0. The molecule has 0 atom stereocenters. The van der Waals surface area contributed by atoms with E-state index in [1.807, 2.05) is 0 Å². The predicted octanol–water partition coefficient (Wildman–Crippen LogP) is 2.82. The van der Waals surface area contributed by atoms with Crippen molar-refractivity contribution in [3.05, 3.63) is 58.6 Å².